The van der Waals surface area contributed by atoms with Crippen molar-refractivity contribution >= 4 is 58.1 Å². The minimum Gasteiger partial charge on any atom is -0.465 e. The van der Waals surface area contributed by atoms with Crippen LogP contribution in [0.5, 0.6) is 0 Å². The molecule has 2 amide bonds. The van der Waals surface area contributed by atoms with Gasteiger partial charge >= 0.3 is 11.9 Å². The van der Waals surface area contributed by atoms with Crippen LogP contribution in [0.1, 0.15) is 44.5 Å². The zero-order valence-corrected chi connectivity index (χ0v) is 26.2. The number of ether oxygens (including phenoxy) is 2. The topological polar surface area (TPSA) is 142 Å². The van der Waals surface area contributed by atoms with Gasteiger partial charge in [-0.05, 0) is 60.5 Å². The zero-order chi connectivity index (χ0) is 31.5. The number of benzene rings is 3. The average Bonchev–Trinajstić information content (AvgIpc) is 3.54. The number of alkyl halides is 1. The lowest BCUT2D eigenvalue weighted by Crippen LogP contribution is -2.44. The molecule has 0 saturated carbocycles. The van der Waals surface area contributed by atoms with Gasteiger partial charge in [-0.15, -0.1) is 5.10 Å². The molecule has 11 nitrogen and oxygen atoms in total. The Hall–Kier alpha value is -4.85. The van der Waals surface area contributed by atoms with Gasteiger partial charge in [-0.1, -0.05) is 64.2 Å². The maximum atomic E-state index is 13.3. The first-order valence-electron chi connectivity index (χ1n) is 13.6. The van der Waals surface area contributed by atoms with Crippen LogP contribution in [0.2, 0.25) is 0 Å². The molecule has 1 heterocycles. The zero-order valence-electron chi connectivity index (χ0n) is 24.0. The molecule has 0 spiro atoms. The number of aromatic nitrogens is 3. The van der Waals surface area contributed by atoms with Gasteiger partial charge in [0.15, 0.2) is 5.69 Å². The SMILES string of the molecule is CCOC(=O)c1cn(-c2ccc(CI)cc2/C=C/C(=O)N[C@@H](Cc2ccccc2)C(=O)Nc2ccc(C(=O)OC)cc2)nn1. The molecule has 4 aromatic rings. The summed E-state index contributed by atoms with van der Waals surface area (Å²) in [6.45, 7) is 1.92. The van der Waals surface area contributed by atoms with Crippen molar-refractivity contribution in [1.29, 1.82) is 0 Å². The smallest absolute Gasteiger partial charge is 0.360 e. The molecule has 0 fully saturated rings. The van der Waals surface area contributed by atoms with E-state index in [-0.39, 0.29) is 18.7 Å². The predicted octanol–water partition coefficient (Wildman–Crippen LogP) is 4.55. The molecule has 0 bridgehead atoms. The highest BCUT2D eigenvalue weighted by Gasteiger charge is 2.21. The van der Waals surface area contributed by atoms with Crippen molar-refractivity contribution < 1.29 is 28.7 Å². The van der Waals surface area contributed by atoms with Gasteiger partial charge in [0.2, 0.25) is 11.8 Å². The quantitative estimate of drug-likeness (QED) is 0.0947. The van der Waals surface area contributed by atoms with Crippen LogP contribution in [0.15, 0.2) is 85.1 Å². The van der Waals surface area contributed by atoms with E-state index in [4.69, 9.17) is 9.47 Å². The van der Waals surface area contributed by atoms with Gasteiger partial charge < -0.3 is 20.1 Å². The van der Waals surface area contributed by atoms with Crippen LogP contribution in [-0.2, 0) is 29.9 Å². The van der Waals surface area contributed by atoms with Crippen molar-refractivity contribution in [2.45, 2.75) is 23.8 Å². The second-order valence-corrected chi connectivity index (χ2v) is 10.2. The summed E-state index contributed by atoms with van der Waals surface area (Å²) in [4.78, 5) is 50.3. The highest BCUT2D eigenvalue weighted by atomic mass is 127. The number of nitrogens with zero attached hydrogens (tertiary/aromatic N) is 3. The Labute approximate surface area is 267 Å². The molecule has 0 aliphatic heterocycles. The third-order valence-corrected chi connectivity index (χ3v) is 7.26. The summed E-state index contributed by atoms with van der Waals surface area (Å²) >= 11 is 2.24. The second-order valence-electron chi connectivity index (χ2n) is 9.44. The van der Waals surface area contributed by atoms with Gasteiger partial charge in [0.1, 0.15) is 6.04 Å². The summed E-state index contributed by atoms with van der Waals surface area (Å²) in [6.07, 6.45) is 4.68. The van der Waals surface area contributed by atoms with Crippen molar-refractivity contribution in [3.8, 4) is 5.69 Å². The monoisotopic (exact) mass is 707 g/mol. The van der Waals surface area contributed by atoms with Crippen molar-refractivity contribution in [2.24, 2.45) is 0 Å². The van der Waals surface area contributed by atoms with Gasteiger partial charge in [-0.25, -0.2) is 14.3 Å². The Bertz CT molecular complexity index is 1650. The summed E-state index contributed by atoms with van der Waals surface area (Å²) in [5.74, 6) is -1.98. The largest absolute Gasteiger partial charge is 0.465 e. The van der Waals surface area contributed by atoms with Crippen molar-refractivity contribution in [3.63, 3.8) is 0 Å². The summed E-state index contributed by atoms with van der Waals surface area (Å²) in [7, 11) is 1.29. The summed E-state index contributed by atoms with van der Waals surface area (Å²) in [5, 5.41) is 13.6. The van der Waals surface area contributed by atoms with Gasteiger partial charge in [0.25, 0.3) is 0 Å². The molecule has 3 aromatic carbocycles. The standard InChI is InChI=1S/C32H30IN5O6/c1-3-44-32(42)27-20-38(37-36-27)28-15-9-22(19-33)17-24(28)12-16-29(39)35-26(18-21-7-5-4-6-8-21)30(40)34-25-13-10-23(11-14-25)31(41)43-2/h4-17,20,26H,3,18-19H2,1-2H3,(H,34,40)(H,35,39)/b16-12+/t26-/m0/s1. The first kappa shape index (κ1) is 32.1. The maximum Gasteiger partial charge on any atom is 0.360 e. The van der Waals surface area contributed by atoms with E-state index < -0.39 is 29.8 Å². The van der Waals surface area contributed by atoms with E-state index in [0.29, 0.717) is 22.5 Å². The summed E-state index contributed by atoms with van der Waals surface area (Å²) < 4.78 is 11.9. The van der Waals surface area contributed by atoms with Crippen LogP contribution in [0.3, 0.4) is 0 Å². The third kappa shape index (κ3) is 8.60. The molecular weight excluding hydrogens is 677 g/mol. The van der Waals surface area contributed by atoms with Crippen LogP contribution in [0, 0.1) is 0 Å². The molecule has 4 rings (SSSR count). The van der Waals surface area contributed by atoms with E-state index in [0.717, 1.165) is 15.6 Å². The summed E-state index contributed by atoms with van der Waals surface area (Å²) in [6, 6.07) is 20.3. The van der Waals surface area contributed by atoms with Crippen LogP contribution >= 0.6 is 22.6 Å². The number of methoxy groups -OCH3 is 1. The number of rotatable bonds is 12. The number of carbonyl (C=O) groups excluding carboxylic acids is 4. The number of anilines is 1. The Morgan fingerprint density at radius 1 is 0.977 bits per heavy atom. The van der Waals surface area contributed by atoms with Crippen LogP contribution in [-0.4, -0.2) is 58.5 Å². The summed E-state index contributed by atoms with van der Waals surface area (Å²) in [5.41, 5.74) is 3.99. The Kier molecular flexibility index (Phi) is 11.3. The van der Waals surface area contributed by atoms with Crippen molar-refractivity contribution in [3.05, 3.63) is 113 Å². The minimum absolute atomic E-state index is 0.0622. The molecule has 0 saturated heterocycles. The Balaban J connectivity index is 1.54. The minimum atomic E-state index is -0.905. The maximum absolute atomic E-state index is 13.3. The highest BCUT2D eigenvalue weighted by Crippen LogP contribution is 2.20. The van der Waals surface area contributed by atoms with Crippen molar-refractivity contribution in [2.75, 3.05) is 19.0 Å². The lowest BCUT2D eigenvalue weighted by atomic mass is 10.0. The van der Waals surface area contributed by atoms with Crippen LogP contribution in [0.4, 0.5) is 5.69 Å². The number of hydrogen-bond donors (Lipinski definition) is 2. The Morgan fingerprint density at radius 2 is 1.73 bits per heavy atom. The molecule has 0 radical (unpaired) electrons. The number of esters is 2. The van der Waals surface area contributed by atoms with E-state index in [1.807, 2.05) is 48.5 Å². The fourth-order valence-electron chi connectivity index (χ4n) is 4.19. The molecule has 226 valence electrons. The molecule has 0 aliphatic rings. The van der Waals surface area contributed by atoms with E-state index in [1.165, 1.54) is 24.1 Å². The molecule has 0 unspecified atom stereocenters. The normalized spacial score (nSPS) is 11.5. The number of hydrogen-bond acceptors (Lipinski definition) is 8. The highest BCUT2D eigenvalue weighted by molar-refractivity contribution is 14.1. The van der Waals surface area contributed by atoms with Gasteiger partial charge in [0.05, 0.1) is 31.2 Å². The van der Waals surface area contributed by atoms with Gasteiger partial charge in [-0.3, -0.25) is 9.59 Å². The van der Waals surface area contributed by atoms with E-state index in [2.05, 4.69) is 43.5 Å². The molecule has 1 aromatic heterocycles. The molecule has 44 heavy (non-hydrogen) atoms. The van der Waals surface area contributed by atoms with E-state index in [1.54, 1.807) is 37.3 Å². The molecule has 2 N–H and O–H groups in total. The fourth-order valence-corrected chi connectivity index (χ4v) is 4.67. The van der Waals surface area contributed by atoms with E-state index >= 15 is 0 Å². The van der Waals surface area contributed by atoms with Crippen LogP contribution in [0.25, 0.3) is 11.8 Å². The number of carbonyl (C=O) groups is 4. The van der Waals surface area contributed by atoms with Crippen molar-refractivity contribution in [1.82, 2.24) is 20.3 Å². The number of halogens is 1. The number of nitrogens with one attached hydrogen (secondary N) is 2. The second kappa shape index (κ2) is 15.6. The molecular formula is C32H30IN5O6. The number of amides is 2. The van der Waals surface area contributed by atoms with E-state index in [9.17, 15) is 19.2 Å². The first-order chi connectivity index (χ1) is 21.3. The first-order valence-corrected chi connectivity index (χ1v) is 15.1. The molecule has 1 atom stereocenters. The molecule has 12 heteroatoms. The lowest BCUT2D eigenvalue weighted by Gasteiger charge is -2.18. The van der Waals surface area contributed by atoms with Gasteiger partial charge in [0, 0.05) is 28.2 Å². The fraction of sp³-hybridized carbons (Fsp3) is 0.188. The lowest BCUT2D eigenvalue weighted by molar-refractivity contribution is -0.123. The molecule has 0 aliphatic carbocycles. The van der Waals surface area contributed by atoms with Crippen LogP contribution < -0.4 is 10.6 Å². The third-order valence-electron chi connectivity index (χ3n) is 6.37. The predicted molar refractivity (Wildman–Crippen MR) is 173 cm³/mol. The Morgan fingerprint density at radius 3 is 2.41 bits per heavy atom. The average molecular weight is 708 g/mol. The van der Waals surface area contributed by atoms with Gasteiger partial charge in [-0.2, -0.15) is 0 Å².